The molecule has 0 radical (unpaired) electrons. The number of carbonyl (C=O) groups excluding carboxylic acids is 1. The van der Waals surface area contributed by atoms with Crippen molar-refractivity contribution in [2.45, 2.75) is 26.4 Å². The predicted octanol–water partition coefficient (Wildman–Crippen LogP) is 1.22. The number of nitrogens with one attached hydrogen (secondary N) is 1. The van der Waals surface area contributed by atoms with Crippen LogP contribution in [0.3, 0.4) is 0 Å². The van der Waals surface area contributed by atoms with Crippen LogP contribution in [0.15, 0.2) is 24.3 Å². The second-order valence-corrected chi connectivity index (χ2v) is 5.71. The first-order valence-electron chi connectivity index (χ1n) is 6.92. The van der Waals surface area contributed by atoms with Crippen molar-refractivity contribution >= 4 is 23.5 Å². The summed E-state index contributed by atoms with van der Waals surface area (Å²) >= 11 is 5.81. The van der Waals surface area contributed by atoms with Crippen LogP contribution in [0.4, 0.5) is 0 Å². The van der Waals surface area contributed by atoms with E-state index in [0.717, 1.165) is 4.80 Å². The first-order valence-corrected chi connectivity index (χ1v) is 7.30. The molecular formula is C14H16ClN5O3. The van der Waals surface area contributed by atoms with Crippen molar-refractivity contribution in [3.8, 4) is 11.4 Å². The number of carboxylic acid groups (broad SMARTS) is 1. The topological polar surface area (TPSA) is 110 Å². The van der Waals surface area contributed by atoms with Gasteiger partial charge in [0.15, 0.2) is 0 Å². The van der Waals surface area contributed by atoms with Gasteiger partial charge in [-0.3, -0.25) is 4.79 Å². The summed E-state index contributed by atoms with van der Waals surface area (Å²) in [7, 11) is 0. The van der Waals surface area contributed by atoms with Gasteiger partial charge in [-0.05, 0) is 35.4 Å². The number of aromatic nitrogens is 4. The van der Waals surface area contributed by atoms with Gasteiger partial charge in [-0.15, -0.1) is 10.2 Å². The van der Waals surface area contributed by atoms with Gasteiger partial charge < -0.3 is 10.4 Å². The smallest absolute Gasteiger partial charge is 0.326 e. The van der Waals surface area contributed by atoms with Crippen LogP contribution in [0.5, 0.6) is 0 Å². The van der Waals surface area contributed by atoms with Crippen molar-refractivity contribution in [2.24, 2.45) is 5.92 Å². The highest BCUT2D eigenvalue weighted by atomic mass is 35.5. The Bertz CT molecular complexity index is 699. The highest BCUT2D eigenvalue weighted by molar-refractivity contribution is 6.30. The number of amides is 1. The number of tetrazole rings is 1. The minimum absolute atomic E-state index is 0.211. The molecule has 0 saturated heterocycles. The fraction of sp³-hybridized carbons (Fsp3) is 0.357. The lowest BCUT2D eigenvalue weighted by Crippen LogP contribution is -2.45. The van der Waals surface area contributed by atoms with Gasteiger partial charge in [0.2, 0.25) is 11.7 Å². The minimum Gasteiger partial charge on any atom is -0.480 e. The van der Waals surface area contributed by atoms with Gasteiger partial charge in [0.1, 0.15) is 12.6 Å². The Labute approximate surface area is 137 Å². The lowest BCUT2D eigenvalue weighted by Gasteiger charge is -2.17. The lowest BCUT2D eigenvalue weighted by molar-refractivity contribution is -0.143. The molecule has 122 valence electrons. The van der Waals surface area contributed by atoms with Crippen molar-refractivity contribution in [3.63, 3.8) is 0 Å². The van der Waals surface area contributed by atoms with Gasteiger partial charge in [-0.1, -0.05) is 25.4 Å². The fourth-order valence-corrected chi connectivity index (χ4v) is 2.01. The van der Waals surface area contributed by atoms with Crippen LogP contribution < -0.4 is 5.32 Å². The average molecular weight is 338 g/mol. The molecule has 0 saturated carbocycles. The second-order valence-electron chi connectivity index (χ2n) is 5.28. The summed E-state index contributed by atoms with van der Waals surface area (Å²) in [4.78, 5) is 24.1. The van der Waals surface area contributed by atoms with Gasteiger partial charge in [0.05, 0.1) is 0 Å². The summed E-state index contributed by atoms with van der Waals surface area (Å²) in [6.07, 6.45) is 0. The van der Waals surface area contributed by atoms with Crippen molar-refractivity contribution in [1.29, 1.82) is 0 Å². The molecule has 0 aliphatic rings. The quantitative estimate of drug-likeness (QED) is 0.820. The first kappa shape index (κ1) is 16.9. The number of rotatable bonds is 6. The minimum atomic E-state index is -1.08. The summed E-state index contributed by atoms with van der Waals surface area (Å²) in [5.41, 5.74) is 0.714. The third-order valence-electron chi connectivity index (χ3n) is 3.09. The average Bonchev–Trinajstić information content (AvgIpc) is 2.93. The summed E-state index contributed by atoms with van der Waals surface area (Å²) < 4.78 is 0. The number of aliphatic carboxylic acids is 1. The van der Waals surface area contributed by atoms with Gasteiger partial charge in [0, 0.05) is 10.6 Å². The van der Waals surface area contributed by atoms with Crippen molar-refractivity contribution < 1.29 is 14.7 Å². The molecule has 0 aliphatic heterocycles. The maximum Gasteiger partial charge on any atom is 0.326 e. The SMILES string of the molecule is CC(C)C(NC(=O)Cn1nnc(-c2ccc(Cl)cc2)n1)C(=O)O. The normalized spacial score (nSPS) is 12.2. The van der Waals surface area contributed by atoms with E-state index in [1.165, 1.54) is 0 Å². The molecule has 0 spiro atoms. The summed E-state index contributed by atoms with van der Waals surface area (Å²) in [6, 6.07) is 5.92. The monoisotopic (exact) mass is 337 g/mol. The summed E-state index contributed by atoms with van der Waals surface area (Å²) in [5, 5.41) is 23.8. The highest BCUT2D eigenvalue weighted by Gasteiger charge is 2.23. The van der Waals surface area contributed by atoms with E-state index in [-0.39, 0.29) is 12.5 Å². The molecule has 9 heteroatoms. The van der Waals surface area contributed by atoms with Gasteiger partial charge in [0.25, 0.3) is 0 Å². The van der Waals surface area contributed by atoms with E-state index in [0.29, 0.717) is 16.4 Å². The number of benzene rings is 1. The van der Waals surface area contributed by atoms with E-state index >= 15 is 0 Å². The van der Waals surface area contributed by atoms with Crippen LogP contribution in [0, 0.1) is 5.92 Å². The fourth-order valence-electron chi connectivity index (χ4n) is 1.89. The molecule has 1 heterocycles. The van der Waals surface area contributed by atoms with E-state index < -0.39 is 17.9 Å². The van der Waals surface area contributed by atoms with Crippen LogP contribution in [0.2, 0.25) is 5.02 Å². The highest BCUT2D eigenvalue weighted by Crippen LogP contribution is 2.16. The summed E-state index contributed by atoms with van der Waals surface area (Å²) in [5.74, 6) is -1.45. The van der Waals surface area contributed by atoms with Gasteiger partial charge >= 0.3 is 5.97 Å². The number of carboxylic acids is 1. The zero-order chi connectivity index (χ0) is 17.0. The Morgan fingerprint density at radius 3 is 2.52 bits per heavy atom. The Morgan fingerprint density at radius 2 is 1.96 bits per heavy atom. The van der Waals surface area contributed by atoms with E-state index in [9.17, 15) is 9.59 Å². The molecule has 1 aromatic heterocycles. The second kappa shape index (κ2) is 7.19. The van der Waals surface area contributed by atoms with Gasteiger partial charge in [-0.25, -0.2) is 4.79 Å². The largest absolute Gasteiger partial charge is 0.480 e. The Morgan fingerprint density at radius 1 is 1.30 bits per heavy atom. The maximum absolute atomic E-state index is 11.9. The zero-order valence-electron chi connectivity index (χ0n) is 12.6. The van der Waals surface area contributed by atoms with Crippen LogP contribution in [-0.4, -0.2) is 43.2 Å². The van der Waals surface area contributed by atoms with E-state index in [1.54, 1.807) is 38.1 Å². The first-order chi connectivity index (χ1) is 10.9. The van der Waals surface area contributed by atoms with Crippen LogP contribution in [0.25, 0.3) is 11.4 Å². The summed E-state index contributed by atoms with van der Waals surface area (Å²) in [6.45, 7) is 3.22. The molecule has 1 atom stereocenters. The van der Waals surface area contributed by atoms with E-state index in [4.69, 9.17) is 16.7 Å². The van der Waals surface area contributed by atoms with E-state index in [1.807, 2.05) is 0 Å². The molecule has 1 amide bonds. The molecule has 23 heavy (non-hydrogen) atoms. The van der Waals surface area contributed by atoms with E-state index in [2.05, 4.69) is 20.7 Å². The standard InChI is InChI=1S/C14H16ClN5O3/c1-8(2)12(14(22)23)16-11(21)7-20-18-13(17-19-20)9-3-5-10(15)6-4-9/h3-6,8,12H,7H2,1-2H3,(H,16,21)(H,22,23). The number of halogens is 1. The van der Waals surface area contributed by atoms with Crippen molar-refractivity contribution in [3.05, 3.63) is 29.3 Å². The molecule has 2 aromatic rings. The van der Waals surface area contributed by atoms with Crippen LogP contribution >= 0.6 is 11.6 Å². The molecule has 2 rings (SSSR count). The van der Waals surface area contributed by atoms with Crippen LogP contribution in [-0.2, 0) is 16.1 Å². The van der Waals surface area contributed by atoms with Crippen LogP contribution in [0.1, 0.15) is 13.8 Å². The number of carbonyl (C=O) groups is 2. The molecule has 0 fully saturated rings. The Balaban J connectivity index is 2.02. The third-order valence-corrected chi connectivity index (χ3v) is 3.34. The molecule has 0 aliphatic carbocycles. The zero-order valence-corrected chi connectivity index (χ0v) is 13.4. The molecule has 0 bridgehead atoms. The Kier molecular flexibility index (Phi) is 5.28. The third kappa shape index (κ3) is 4.49. The molecule has 8 nitrogen and oxygen atoms in total. The van der Waals surface area contributed by atoms with Gasteiger partial charge in [-0.2, -0.15) is 4.80 Å². The number of hydrogen-bond acceptors (Lipinski definition) is 5. The lowest BCUT2D eigenvalue weighted by atomic mass is 10.1. The molecule has 2 N–H and O–H groups in total. The van der Waals surface area contributed by atoms with Crippen molar-refractivity contribution in [2.75, 3.05) is 0 Å². The molecule has 1 unspecified atom stereocenters. The molecular weight excluding hydrogens is 322 g/mol. The molecule has 1 aromatic carbocycles. The van der Waals surface area contributed by atoms with Crippen molar-refractivity contribution in [1.82, 2.24) is 25.5 Å². The maximum atomic E-state index is 11.9. The number of hydrogen-bond donors (Lipinski definition) is 2. The Hall–Kier alpha value is -2.48. The number of nitrogens with zero attached hydrogens (tertiary/aromatic N) is 4. The predicted molar refractivity (Wildman–Crippen MR) is 82.7 cm³/mol.